The van der Waals surface area contributed by atoms with E-state index in [0.29, 0.717) is 17.1 Å². The molecule has 5 nitrogen and oxygen atoms in total. The van der Waals surface area contributed by atoms with E-state index in [1.54, 1.807) is 6.07 Å². The van der Waals surface area contributed by atoms with Crippen molar-refractivity contribution in [3.05, 3.63) is 34.3 Å². The number of ketones is 1. The van der Waals surface area contributed by atoms with Gasteiger partial charge < -0.3 is 14.6 Å². The van der Waals surface area contributed by atoms with Gasteiger partial charge in [0.15, 0.2) is 17.3 Å². The van der Waals surface area contributed by atoms with E-state index in [0.717, 1.165) is 6.08 Å². The summed E-state index contributed by atoms with van der Waals surface area (Å²) in [6, 6.07) is 4.59. The lowest BCUT2D eigenvalue weighted by atomic mass is 10.1. The van der Waals surface area contributed by atoms with Crippen molar-refractivity contribution in [1.29, 1.82) is 0 Å². The van der Waals surface area contributed by atoms with Crippen LogP contribution in [0.15, 0.2) is 28.8 Å². The number of benzene rings is 1. The Morgan fingerprint density at radius 1 is 1.22 bits per heavy atom. The van der Waals surface area contributed by atoms with Crippen LogP contribution in [0.1, 0.15) is 10.4 Å². The zero-order valence-corrected chi connectivity index (χ0v) is 11.4. The van der Waals surface area contributed by atoms with Gasteiger partial charge in [-0.2, -0.15) is 0 Å². The fraction of sp³-hybridized carbons (Fsp3) is 0.167. The third kappa shape index (κ3) is 3.33. The highest BCUT2D eigenvalue weighted by Crippen LogP contribution is 2.29. The first-order chi connectivity index (χ1) is 8.49. The first-order valence-electron chi connectivity index (χ1n) is 4.86. The number of ether oxygens (including phenoxy) is 2. The predicted octanol–water partition coefficient (Wildman–Crippen LogP) is 2.25. The number of allylic oxidation sites excluding steroid dienone is 1. The van der Waals surface area contributed by atoms with Crippen LogP contribution in [0.5, 0.6) is 11.5 Å². The zero-order chi connectivity index (χ0) is 13.7. The summed E-state index contributed by atoms with van der Waals surface area (Å²) >= 11 is 2.92. The molecule has 0 heterocycles. The number of hydrogen-bond acceptors (Lipinski definition) is 4. The molecule has 0 amide bonds. The van der Waals surface area contributed by atoms with E-state index in [1.165, 1.54) is 26.4 Å². The summed E-state index contributed by atoms with van der Waals surface area (Å²) in [7, 11) is 2.94. The maximum atomic E-state index is 11.9. The minimum Gasteiger partial charge on any atom is -0.493 e. The van der Waals surface area contributed by atoms with Crippen LogP contribution in [0.3, 0.4) is 0 Å². The van der Waals surface area contributed by atoms with Crippen LogP contribution in [-0.4, -0.2) is 31.1 Å². The van der Waals surface area contributed by atoms with Gasteiger partial charge in [-0.15, -0.1) is 0 Å². The number of carbonyl (C=O) groups excluding carboxylic acids is 1. The Labute approximate surface area is 112 Å². The lowest BCUT2D eigenvalue weighted by Gasteiger charge is -2.08. The maximum Gasteiger partial charge on any atom is 0.329 e. The van der Waals surface area contributed by atoms with Crippen LogP contribution in [0.4, 0.5) is 0 Å². The fourth-order valence-corrected chi connectivity index (χ4v) is 1.71. The van der Waals surface area contributed by atoms with E-state index in [2.05, 4.69) is 15.9 Å². The molecule has 1 aromatic rings. The largest absolute Gasteiger partial charge is 0.493 e. The number of hydrogen-bond donors (Lipinski definition) is 1. The van der Waals surface area contributed by atoms with E-state index in [9.17, 15) is 9.59 Å². The number of carbonyl (C=O) groups is 2. The first-order valence-corrected chi connectivity index (χ1v) is 5.65. The van der Waals surface area contributed by atoms with Gasteiger partial charge in [0.05, 0.1) is 18.7 Å². The van der Waals surface area contributed by atoms with Gasteiger partial charge in [0.1, 0.15) is 0 Å². The van der Waals surface area contributed by atoms with Crippen molar-refractivity contribution in [2.75, 3.05) is 14.2 Å². The Hall–Kier alpha value is -1.82. The summed E-state index contributed by atoms with van der Waals surface area (Å²) in [5, 5.41) is 8.56. The second-order valence-electron chi connectivity index (χ2n) is 3.23. The Morgan fingerprint density at radius 2 is 1.83 bits per heavy atom. The van der Waals surface area contributed by atoms with E-state index in [1.807, 2.05) is 0 Å². The van der Waals surface area contributed by atoms with E-state index >= 15 is 0 Å². The molecule has 1 rings (SSSR count). The monoisotopic (exact) mass is 314 g/mol. The summed E-state index contributed by atoms with van der Waals surface area (Å²) in [5.41, 5.74) is 0.303. The molecule has 0 saturated heterocycles. The molecule has 0 spiro atoms. The van der Waals surface area contributed by atoms with Crippen molar-refractivity contribution in [3.8, 4) is 11.5 Å². The Bertz CT molecular complexity index is 507. The lowest BCUT2D eigenvalue weighted by Crippen LogP contribution is -2.02. The van der Waals surface area contributed by atoms with E-state index < -0.39 is 11.8 Å². The van der Waals surface area contributed by atoms with Gasteiger partial charge in [-0.3, -0.25) is 4.79 Å². The molecule has 0 aromatic heterocycles. The average Bonchev–Trinajstić information content (AvgIpc) is 2.36. The summed E-state index contributed by atoms with van der Waals surface area (Å²) < 4.78 is 10.1. The van der Waals surface area contributed by atoms with Crippen molar-refractivity contribution in [2.24, 2.45) is 0 Å². The van der Waals surface area contributed by atoms with Crippen LogP contribution in [0, 0.1) is 0 Å². The van der Waals surface area contributed by atoms with Gasteiger partial charge in [-0.1, -0.05) is 0 Å². The minimum atomic E-state index is -1.20. The molecule has 1 N–H and O–H groups in total. The smallest absolute Gasteiger partial charge is 0.329 e. The SMILES string of the molecule is COc1ccc(C(=O)/C(Br)=C\C(=O)O)cc1OC. The maximum absolute atomic E-state index is 11.9. The molecular formula is C12H11BrO5. The molecule has 0 radical (unpaired) electrons. The van der Waals surface area contributed by atoms with Crippen molar-refractivity contribution >= 4 is 27.7 Å². The van der Waals surface area contributed by atoms with Crippen LogP contribution in [0.2, 0.25) is 0 Å². The van der Waals surface area contributed by atoms with Crippen LogP contribution in [0.25, 0.3) is 0 Å². The van der Waals surface area contributed by atoms with Crippen molar-refractivity contribution < 1.29 is 24.2 Å². The molecule has 1 aromatic carbocycles. The molecule has 18 heavy (non-hydrogen) atoms. The second-order valence-corrected chi connectivity index (χ2v) is 4.08. The van der Waals surface area contributed by atoms with Crippen LogP contribution < -0.4 is 9.47 Å². The summed E-state index contributed by atoms with van der Waals surface area (Å²) in [5.74, 6) is -0.750. The normalized spacial score (nSPS) is 10.9. The number of carboxylic acid groups (broad SMARTS) is 1. The Kier molecular flexibility index (Phi) is 4.91. The van der Waals surface area contributed by atoms with Crippen molar-refractivity contribution in [2.45, 2.75) is 0 Å². The number of aliphatic carboxylic acids is 1. The molecular weight excluding hydrogens is 304 g/mol. The van der Waals surface area contributed by atoms with E-state index in [-0.39, 0.29) is 4.48 Å². The third-order valence-corrected chi connectivity index (χ3v) is 2.70. The molecule has 0 unspecified atom stereocenters. The molecule has 96 valence electrons. The minimum absolute atomic E-state index is 0.0396. The van der Waals surface area contributed by atoms with Crippen molar-refractivity contribution in [1.82, 2.24) is 0 Å². The topological polar surface area (TPSA) is 72.8 Å². The molecule has 0 atom stereocenters. The third-order valence-electron chi connectivity index (χ3n) is 2.11. The van der Waals surface area contributed by atoms with Gasteiger partial charge in [0.2, 0.25) is 0 Å². The van der Waals surface area contributed by atoms with Gasteiger partial charge >= 0.3 is 5.97 Å². The Morgan fingerprint density at radius 3 is 2.33 bits per heavy atom. The average molecular weight is 315 g/mol. The summed E-state index contributed by atoms with van der Waals surface area (Å²) in [4.78, 5) is 22.3. The number of halogens is 1. The number of rotatable bonds is 5. The molecule has 0 bridgehead atoms. The summed E-state index contributed by atoms with van der Waals surface area (Å²) in [6.07, 6.45) is 0.791. The van der Waals surface area contributed by atoms with Crippen molar-refractivity contribution in [3.63, 3.8) is 0 Å². The highest BCUT2D eigenvalue weighted by Gasteiger charge is 2.14. The quantitative estimate of drug-likeness (QED) is 0.666. The van der Waals surface area contributed by atoms with Gasteiger partial charge in [-0.25, -0.2) is 4.79 Å². The van der Waals surface area contributed by atoms with Crippen LogP contribution in [-0.2, 0) is 4.79 Å². The number of methoxy groups -OCH3 is 2. The summed E-state index contributed by atoms with van der Waals surface area (Å²) in [6.45, 7) is 0. The molecule has 0 aliphatic rings. The lowest BCUT2D eigenvalue weighted by molar-refractivity contribution is -0.131. The second kappa shape index (κ2) is 6.20. The van der Waals surface area contributed by atoms with E-state index in [4.69, 9.17) is 14.6 Å². The number of carboxylic acids is 1. The zero-order valence-electron chi connectivity index (χ0n) is 9.77. The molecule has 6 heteroatoms. The highest BCUT2D eigenvalue weighted by atomic mass is 79.9. The molecule has 0 aliphatic heterocycles. The standard InChI is InChI=1S/C12H11BrO5/c1-17-9-4-3-7(5-10(9)18-2)12(16)8(13)6-11(14)15/h3-6H,1-2H3,(H,14,15)/b8-6+. The predicted molar refractivity (Wildman–Crippen MR) is 68.5 cm³/mol. The first kappa shape index (κ1) is 14.2. The van der Waals surface area contributed by atoms with Crippen LogP contribution >= 0.6 is 15.9 Å². The Balaban J connectivity index is 3.11. The molecule has 0 saturated carbocycles. The molecule has 0 aliphatic carbocycles. The van der Waals surface area contributed by atoms with Gasteiger partial charge in [0, 0.05) is 11.6 Å². The highest BCUT2D eigenvalue weighted by molar-refractivity contribution is 9.12. The van der Waals surface area contributed by atoms with Gasteiger partial charge in [-0.05, 0) is 34.1 Å². The number of Topliss-reactive ketones (excluding diaryl/α,β-unsaturated/α-hetero) is 1. The fourth-order valence-electron chi connectivity index (χ4n) is 1.29. The van der Waals surface area contributed by atoms with Gasteiger partial charge in [0.25, 0.3) is 0 Å². The molecule has 0 fully saturated rings.